The third-order valence-corrected chi connectivity index (χ3v) is 11.1. The van der Waals surface area contributed by atoms with E-state index < -0.39 is 5.97 Å². The van der Waals surface area contributed by atoms with Gasteiger partial charge < -0.3 is 20.1 Å². The number of rotatable bonds is 8. The van der Waals surface area contributed by atoms with Crippen LogP contribution in [0.5, 0.6) is 5.75 Å². The van der Waals surface area contributed by atoms with Crippen molar-refractivity contribution in [3.8, 4) is 28.3 Å². The first-order valence-corrected chi connectivity index (χ1v) is 17.0. The van der Waals surface area contributed by atoms with Gasteiger partial charge in [-0.05, 0) is 113 Å². The summed E-state index contributed by atoms with van der Waals surface area (Å²) in [5.74, 6) is 1.45. The molecule has 1 heterocycles. The van der Waals surface area contributed by atoms with Crippen LogP contribution < -0.4 is 10.5 Å². The molecule has 242 valence electrons. The van der Waals surface area contributed by atoms with Crippen molar-refractivity contribution in [3.63, 3.8) is 0 Å². The Morgan fingerprint density at radius 3 is 2.55 bits per heavy atom. The molecular weight excluding hydrogens is 582 g/mol. The van der Waals surface area contributed by atoms with Crippen LogP contribution in [0.25, 0.3) is 33.5 Å². The molecule has 0 unspecified atom stereocenters. The molecule has 4 aromatic carbocycles. The van der Waals surface area contributed by atoms with E-state index in [1.165, 1.54) is 24.8 Å². The third kappa shape index (κ3) is 5.68. The lowest BCUT2D eigenvalue weighted by Crippen LogP contribution is -2.50. The van der Waals surface area contributed by atoms with E-state index in [4.69, 9.17) is 15.5 Å². The van der Waals surface area contributed by atoms with Gasteiger partial charge in [-0.3, -0.25) is 0 Å². The Morgan fingerprint density at radius 1 is 0.979 bits per heavy atom. The monoisotopic (exact) mass is 627 g/mol. The number of carbonyl (C=O) groups is 1. The standard InChI is InChI=1S/C41H45N3O3/c1-26(2)27-12-15-34-30(20-27)14-17-37-40(3,18-7-19-41(34,37)4)25-44-36-16-13-29(28-8-5-10-32(42)21-28)23-35(36)43-39(44)31-9-6-11-33(22-31)47-24-38(45)46/h5-6,8-13,15-16,20-23,26,37H,7,14,17-19,24-25,42H2,1-4H3,(H,45,46)/t37-,40+,41+/m0/s1. The first kappa shape index (κ1) is 31.0. The van der Waals surface area contributed by atoms with Gasteiger partial charge in [0.15, 0.2) is 6.61 Å². The van der Waals surface area contributed by atoms with E-state index in [1.54, 1.807) is 17.2 Å². The molecule has 0 bridgehead atoms. The molecule has 6 nitrogen and oxygen atoms in total. The number of carboxylic acid groups (broad SMARTS) is 1. The van der Waals surface area contributed by atoms with Crippen LogP contribution in [0.1, 0.15) is 76.0 Å². The smallest absolute Gasteiger partial charge is 0.341 e. The van der Waals surface area contributed by atoms with Crippen LogP contribution in [0.3, 0.4) is 0 Å². The van der Waals surface area contributed by atoms with Crippen LogP contribution in [0.4, 0.5) is 5.69 Å². The highest BCUT2D eigenvalue weighted by molar-refractivity contribution is 5.86. The molecule has 6 heteroatoms. The molecule has 1 saturated carbocycles. The molecular formula is C41H45N3O3. The Labute approximate surface area is 277 Å². The first-order valence-electron chi connectivity index (χ1n) is 17.0. The Balaban J connectivity index is 1.32. The fourth-order valence-corrected chi connectivity index (χ4v) is 8.83. The van der Waals surface area contributed by atoms with Gasteiger partial charge in [-0.25, -0.2) is 9.78 Å². The van der Waals surface area contributed by atoms with Gasteiger partial charge in [0, 0.05) is 17.8 Å². The first-order chi connectivity index (χ1) is 22.5. The maximum absolute atomic E-state index is 11.2. The average molecular weight is 628 g/mol. The molecule has 2 aliphatic rings. The van der Waals surface area contributed by atoms with Crippen molar-refractivity contribution in [2.75, 3.05) is 12.3 Å². The minimum atomic E-state index is -1.00. The number of fused-ring (bicyclic) bond motifs is 4. The molecule has 1 aromatic heterocycles. The topological polar surface area (TPSA) is 90.4 Å². The molecule has 3 N–H and O–H groups in total. The molecule has 47 heavy (non-hydrogen) atoms. The minimum Gasteiger partial charge on any atom is -0.482 e. The van der Waals surface area contributed by atoms with Crippen molar-refractivity contribution >= 4 is 22.7 Å². The van der Waals surface area contributed by atoms with Crippen LogP contribution in [0.2, 0.25) is 0 Å². The number of ether oxygens (including phenoxy) is 1. The highest BCUT2D eigenvalue weighted by Gasteiger charge is 2.52. The number of nitrogens with zero attached hydrogens (tertiary/aromatic N) is 2. The maximum atomic E-state index is 11.2. The molecule has 0 radical (unpaired) electrons. The van der Waals surface area contributed by atoms with E-state index >= 15 is 0 Å². The quantitative estimate of drug-likeness (QED) is 0.167. The van der Waals surface area contributed by atoms with E-state index in [2.05, 4.69) is 74.7 Å². The summed E-state index contributed by atoms with van der Waals surface area (Å²) in [5.41, 5.74) is 16.6. The van der Waals surface area contributed by atoms with Crippen LogP contribution in [-0.4, -0.2) is 27.2 Å². The third-order valence-electron chi connectivity index (χ3n) is 11.1. The van der Waals surface area contributed by atoms with Gasteiger partial charge in [-0.15, -0.1) is 0 Å². The van der Waals surface area contributed by atoms with E-state index in [9.17, 15) is 9.90 Å². The zero-order valence-corrected chi connectivity index (χ0v) is 27.9. The lowest BCUT2D eigenvalue weighted by molar-refractivity contribution is -0.139. The normalized spacial score (nSPS) is 22.2. The van der Waals surface area contributed by atoms with E-state index in [-0.39, 0.29) is 17.4 Å². The fourth-order valence-electron chi connectivity index (χ4n) is 8.83. The number of aliphatic carboxylic acids is 1. The number of aryl methyl sites for hydroxylation is 1. The van der Waals surface area contributed by atoms with Crippen molar-refractivity contribution in [3.05, 3.63) is 102 Å². The van der Waals surface area contributed by atoms with Gasteiger partial charge in [0.2, 0.25) is 0 Å². The molecule has 3 atom stereocenters. The summed E-state index contributed by atoms with van der Waals surface area (Å²) in [6, 6.07) is 29.4. The van der Waals surface area contributed by atoms with Crippen molar-refractivity contribution in [2.24, 2.45) is 11.3 Å². The summed E-state index contributed by atoms with van der Waals surface area (Å²) in [6.07, 6.45) is 5.87. The van der Waals surface area contributed by atoms with Crippen molar-refractivity contribution < 1.29 is 14.6 Å². The van der Waals surface area contributed by atoms with E-state index in [0.717, 1.165) is 58.6 Å². The van der Waals surface area contributed by atoms with Crippen molar-refractivity contribution in [1.82, 2.24) is 9.55 Å². The number of imidazole rings is 1. The molecule has 0 amide bonds. The molecule has 2 aliphatic carbocycles. The Bertz CT molecular complexity index is 1980. The van der Waals surface area contributed by atoms with Gasteiger partial charge in [0.05, 0.1) is 11.0 Å². The second-order valence-corrected chi connectivity index (χ2v) is 14.6. The second kappa shape index (κ2) is 11.9. The summed E-state index contributed by atoms with van der Waals surface area (Å²) in [5, 5.41) is 9.21. The predicted molar refractivity (Wildman–Crippen MR) is 190 cm³/mol. The Kier molecular flexibility index (Phi) is 7.86. The number of benzene rings is 4. The van der Waals surface area contributed by atoms with Gasteiger partial charge in [0.25, 0.3) is 0 Å². The minimum absolute atomic E-state index is 0.0494. The fraction of sp³-hybridized carbons (Fsp3) is 0.366. The lowest BCUT2D eigenvalue weighted by atomic mass is 9.49. The molecule has 0 saturated heterocycles. The van der Waals surface area contributed by atoms with Crippen molar-refractivity contribution in [1.29, 1.82) is 0 Å². The zero-order chi connectivity index (χ0) is 32.9. The Morgan fingerprint density at radius 2 is 1.77 bits per heavy atom. The van der Waals surface area contributed by atoms with Crippen LogP contribution in [0.15, 0.2) is 84.9 Å². The molecule has 0 aliphatic heterocycles. The summed E-state index contributed by atoms with van der Waals surface area (Å²) in [6.45, 7) is 10.1. The van der Waals surface area contributed by atoms with E-state index in [1.807, 2.05) is 36.4 Å². The van der Waals surface area contributed by atoms with Gasteiger partial charge >= 0.3 is 5.97 Å². The van der Waals surface area contributed by atoms with Gasteiger partial charge in [-0.1, -0.05) is 82.6 Å². The largest absolute Gasteiger partial charge is 0.482 e. The molecule has 1 fully saturated rings. The number of hydrogen-bond donors (Lipinski definition) is 2. The number of carboxylic acids is 1. The maximum Gasteiger partial charge on any atom is 0.341 e. The number of hydrogen-bond acceptors (Lipinski definition) is 4. The molecule has 0 spiro atoms. The summed E-state index contributed by atoms with van der Waals surface area (Å²) in [4.78, 5) is 16.5. The zero-order valence-electron chi connectivity index (χ0n) is 27.9. The second-order valence-electron chi connectivity index (χ2n) is 14.6. The van der Waals surface area contributed by atoms with Gasteiger partial charge in [0.1, 0.15) is 11.6 Å². The highest BCUT2D eigenvalue weighted by Crippen LogP contribution is 2.58. The average Bonchev–Trinajstić information content (AvgIpc) is 3.40. The SMILES string of the molecule is CC(C)c1ccc2c(c1)CC[C@H]1[C@@](C)(Cn3c(-c4cccc(OCC(=O)O)c4)nc4cc(-c5cccc(N)c5)ccc43)CCC[C@]21C. The van der Waals surface area contributed by atoms with Crippen LogP contribution >= 0.6 is 0 Å². The predicted octanol–water partition coefficient (Wildman–Crippen LogP) is 9.25. The van der Waals surface area contributed by atoms with Crippen LogP contribution in [-0.2, 0) is 23.2 Å². The number of aromatic nitrogens is 2. The number of nitrogen functional groups attached to an aromatic ring is 1. The Hall–Kier alpha value is -4.58. The van der Waals surface area contributed by atoms with Gasteiger partial charge in [-0.2, -0.15) is 0 Å². The highest BCUT2D eigenvalue weighted by atomic mass is 16.5. The molecule has 7 rings (SSSR count). The summed E-state index contributed by atoms with van der Waals surface area (Å²) in [7, 11) is 0. The molecule has 5 aromatic rings. The lowest BCUT2D eigenvalue weighted by Gasteiger charge is -2.56. The van der Waals surface area contributed by atoms with Crippen LogP contribution in [0, 0.1) is 11.3 Å². The summed E-state index contributed by atoms with van der Waals surface area (Å²) < 4.78 is 8.01. The number of anilines is 1. The summed E-state index contributed by atoms with van der Waals surface area (Å²) >= 11 is 0. The van der Waals surface area contributed by atoms with Crippen molar-refractivity contribution in [2.45, 2.75) is 77.7 Å². The van der Waals surface area contributed by atoms with E-state index in [0.29, 0.717) is 17.6 Å². The number of nitrogens with two attached hydrogens (primary N) is 1.